The van der Waals surface area contributed by atoms with Gasteiger partial charge >= 0.3 is 0 Å². The van der Waals surface area contributed by atoms with Crippen LogP contribution in [0.5, 0.6) is 11.5 Å². The van der Waals surface area contributed by atoms with Crippen molar-refractivity contribution in [2.24, 2.45) is 0 Å². The van der Waals surface area contributed by atoms with E-state index >= 15 is 0 Å². The number of hydrogen-bond acceptors (Lipinski definition) is 5. The Morgan fingerprint density at radius 2 is 1.94 bits per heavy atom. The summed E-state index contributed by atoms with van der Waals surface area (Å²) in [7, 11) is 0. The van der Waals surface area contributed by atoms with Crippen LogP contribution in [0.25, 0.3) is 0 Å². The molecule has 0 bridgehead atoms. The maximum absolute atomic E-state index is 10.3. The van der Waals surface area contributed by atoms with Crippen molar-refractivity contribution in [3.63, 3.8) is 0 Å². The number of rotatable bonds is 3. The minimum Gasteiger partial charge on any atom is -0.454 e. The molecule has 98 valence electrons. The van der Waals surface area contributed by atoms with Gasteiger partial charge in [-0.15, -0.1) is 0 Å². The predicted molar refractivity (Wildman–Crippen MR) is 66.1 cm³/mol. The van der Waals surface area contributed by atoms with Gasteiger partial charge in [0.15, 0.2) is 11.5 Å². The van der Waals surface area contributed by atoms with E-state index in [0.717, 1.165) is 17.2 Å². The molecule has 0 atom stereocenters. The summed E-state index contributed by atoms with van der Waals surface area (Å²) in [6.07, 6.45) is 1.34. The van der Waals surface area contributed by atoms with E-state index in [1.54, 1.807) is 0 Å². The number of anilines is 1. The fraction of sp³-hybridized carbons (Fsp3) is 0.538. The standard InChI is InChI=1S/C13H17NO4/c15-13(3-5-16-6-4-13)8-14-10-1-2-11-12(7-10)18-9-17-11/h1-2,7,14-15H,3-6,8-9H2. The van der Waals surface area contributed by atoms with E-state index in [4.69, 9.17) is 14.2 Å². The summed E-state index contributed by atoms with van der Waals surface area (Å²) in [5.41, 5.74) is 0.258. The first-order chi connectivity index (χ1) is 8.75. The molecule has 1 saturated heterocycles. The highest BCUT2D eigenvalue weighted by Gasteiger charge is 2.29. The van der Waals surface area contributed by atoms with Gasteiger partial charge in [0, 0.05) is 44.4 Å². The lowest BCUT2D eigenvalue weighted by Crippen LogP contribution is -2.42. The molecule has 0 aromatic heterocycles. The zero-order chi connectivity index (χ0) is 12.4. The average Bonchev–Trinajstić information content (AvgIpc) is 2.85. The molecule has 1 aromatic carbocycles. The van der Waals surface area contributed by atoms with Crippen molar-refractivity contribution in [3.8, 4) is 11.5 Å². The first-order valence-electron chi connectivity index (χ1n) is 6.19. The molecule has 1 aromatic rings. The summed E-state index contributed by atoms with van der Waals surface area (Å²) in [4.78, 5) is 0. The van der Waals surface area contributed by atoms with E-state index < -0.39 is 5.60 Å². The number of nitrogens with one attached hydrogen (secondary N) is 1. The van der Waals surface area contributed by atoms with E-state index in [9.17, 15) is 5.11 Å². The summed E-state index contributed by atoms with van der Waals surface area (Å²) in [5, 5.41) is 13.6. The maximum Gasteiger partial charge on any atom is 0.231 e. The molecule has 0 saturated carbocycles. The van der Waals surface area contributed by atoms with Crippen LogP contribution in [0.3, 0.4) is 0 Å². The molecule has 0 unspecified atom stereocenters. The highest BCUT2D eigenvalue weighted by Crippen LogP contribution is 2.34. The maximum atomic E-state index is 10.3. The number of ether oxygens (including phenoxy) is 3. The van der Waals surface area contributed by atoms with Gasteiger partial charge in [-0.2, -0.15) is 0 Å². The third-order valence-corrected chi connectivity index (χ3v) is 3.42. The first-order valence-corrected chi connectivity index (χ1v) is 6.19. The molecule has 0 amide bonds. The predicted octanol–water partition coefficient (Wildman–Crippen LogP) is 1.37. The van der Waals surface area contributed by atoms with Crippen LogP contribution in [0, 0.1) is 0 Å². The Labute approximate surface area is 106 Å². The lowest BCUT2D eigenvalue weighted by Gasteiger charge is -2.32. The van der Waals surface area contributed by atoms with Crippen molar-refractivity contribution in [3.05, 3.63) is 18.2 Å². The number of aliphatic hydroxyl groups is 1. The molecule has 18 heavy (non-hydrogen) atoms. The minimum atomic E-state index is -0.672. The molecule has 0 aliphatic carbocycles. The Hall–Kier alpha value is -1.46. The van der Waals surface area contributed by atoms with Crippen molar-refractivity contribution >= 4 is 5.69 Å². The normalized spacial score (nSPS) is 20.7. The second-order valence-electron chi connectivity index (χ2n) is 4.76. The van der Waals surface area contributed by atoms with Gasteiger partial charge < -0.3 is 24.6 Å². The van der Waals surface area contributed by atoms with E-state index in [2.05, 4.69) is 5.32 Å². The Bertz CT molecular complexity index is 429. The average molecular weight is 251 g/mol. The summed E-state index contributed by atoms with van der Waals surface area (Å²) in [5.74, 6) is 1.52. The van der Waals surface area contributed by atoms with Gasteiger partial charge in [-0.25, -0.2) is 0 Å². The SMILES string of the molecule is OC1(CNc2ccc3c(c2)OCO3)CCOCC1. The van der Waals surface area contributed by atoms with Gasteiger partial charge in [0.25, 0.3) is 0 Å². The van der Waals surface area contributed by atoms with Crippen molar-refractivity contribution in [2.75, 3.05) is 31.9 Å². The fourth-order valence-electron chi connectivity index (χ4n) is 2.20. The quantitative estimate of drug-likeness (QED) is 0.849. The van der Waals surface area contributed by atoms with E-state index in [0.29, 0.717) is 32.6 Å². The lowest BCUT2D eigenvalue weighted by molar-refractivity contribution is -0.0543. The molecule has 2 aliphatic rings. The van der Waals surface area contributed by atoms with E-state index in [1.807, 2.05) is 18.2 Å². The van der Waals surface area contributed by atoms with Crippen LogP contribution in [-0.2, 0) is 4.74 Å². The summed E-state index contributed by atoms with van der Waals surface area (Å²) < 4.78 is 15.8. The summed E-state index contributed by atoms with van der Waals surface area (Å²) in [6, 6.07) is 5.69. The van der Waals surface area contributed by atoms with Crippen molar-refractivity contribution in [1.82, 2.24) is 0 Å². The Morgan fingerprint density at radius 1 is 1.17 bits per heavy atom. The summed E-state index contributed by atoms with van der Waals surface area (Å²) >= 11 is 0. The molecular weight excluding hydrogens is 234 g/mol. The first kappa shape index (κ1) is 11.6. The molecule has 5 heteroatoms. The molecule has 2 heterocycles. The number of fused-ring (bicyclic) bond motifs is 1. The van der Waals surface area contributed by atoms with Crippen molar-refractivity contribution in [1.29, 1.82) is 0 Å². The Balaban J connectivity index is 1.62. The van der Waals surface area contributed by atoms with Gasteiger partial charge in [-0.3, -0.25) is 0 Å². The van der Waals surface area contributed by atoms with Crippen molar-refractivity contribution < 1.29 is 19.3 Å². The van der Waals surface area contributed by atoms with Gasteiger partial charge in [-0.05, 0) is 12.1 Å². The van der Waals surface area contributed by atoms with Gasteiger partial charge in [0.05, 0.1) is 5.60 Å². The molecule has 5 nitrogen and oxygen atoms in total. The third kappa shape index (κ3) is 2.37. The zero-order valence-electron chi connectivity index (χ0n) is 10.1. The van der Waals surface area contributed by atoms with E-state index in [1.165, 1.54) is 0 Å². The van der Waals surface area contributed by atoms with Crippen LogP contribution in [0.2, 0.25) is 0 Å². The molecule has 0 spiro atoms. The van der Waals surface area contributed by atoms with Crippen LogP contribution in [-0.4, -0.2) is 37.3 Å². The van der Waals surface area contributed by atoms with Crippen LogP contribution in [0.4, 0.5) is 5.69 Å². The van der Waals surface area contributed by atoms with Crippen LogP contribution >= 0.6 is 0 Å². The fourth-order valence-corrected chi connectivity index (χ4v) is 2.20. The van der Waals surface area contributed by atoms with Gasteiger partial charge in [0.1, 0.15) is 0 Å². The second kappa shape index (κ2) is 4.66. The van der Waals surface area contributed by atoms with Gasteiger partial charge in [-0.1, -0.05) is 0 Å². The lowest BCUT2D eigenvalue weighted by atomic mass is 9.94. The van der Waals surface area contributed by atoms with Crippen LogP contribution in [0.1, 0.15) is 12.8 Å². The molecule has 1 fully saturated rings. The third-order valence-electron chi connectivity index (χ3n) is 3.42. The van der Waals surface area contributed by atoms with Crippen LogP contribution < -0.4 is 14.8 Å². The Morgan fingerprint density at radius 3 is 2.78 bits per heavy atom. The monoisotopic (exact) mass is 251 g/mol. The van der Waals surface area contributed by atoms with Crippen molar-refractivity contribution in [2.45, 2.75) is 18.4 Å². The van der Waals surface area contributed by atoms with Crippen LogP contribution in [0.15, 0.2) is 18.2 Å². The smallest absolute Gasteiger partial charge is 0.231 e. The Kier molecular flexibility index (Phi) is 3.01. The largest absolute Gasteiger partial charge is 0.454 e. The topological polar surface area (TPSA) is 60.0 Å². The highest BCUT2D eigenvalue weighted by atomic mass is 16.7. The molecule has 0 radical (unpaired) electrons. The number of benzene rings is 1. The zero-order valence-corrected chi connectivity index (χ0v) is 10.1. The van der Waals surface area contributed by atoms with E-state index in [-0.39, 0.29) is 6.79 Å². The molecular formula is C13H17NO4. The minimum absolute atomic E-state index is 0.278. The molecule has 3 rings (SSSR count). The number of hydrogen-bond donors (Lipinski definition) is 2. The molecule has 2 aliphatic heterocycles. The second-order valence-corrected chi connectivity index (χ2v) is 4.76. The molecule has 2 N–H and O–H groups in total. The van der Waals surface area contributed by atoms with Gasteiger partial charge in [0.2, 0.25) is 6.79 Å². The highest BCUT2D eigenvalue weighted by molar-refractivity contribution is 5.55. The summed E-state index contributed by atoms with van der Waals surface area (Å²) in [6.45, 7) is 2.05.